The number of rotatable bonds is 7. The molecule has 0 spiro atoms. The van der Waals surface area contributed by atoms with Gasteiger partial charge >= 0.3 is 0 Å². The van der Waals surface area contributed by atoms with E-state index >= 15 is 0 Å². The van der Waals surface area contributed by atoms with Crippen LogP contribution in [0.15, 0.2) is 24.3 Å². The number of hydrogen-bond donors (Lipinski definition) is 2. The van der Waals surface area contributed by atoms with Crippen molar-refractivity contribution in [3.63, 3.8) is 0 Å². The van der Waals surface area contributed by atoms with Gasteiger partial charge in [-0.1, -0.05) is 12.1 Å². The van der Waals surface area contributed by atoms with Gasteiger partial charge in [0.2, 0.25) is 10.0 Å². The zero-order valence-corrected chi connectivity index (χ0v) is 12.9. The van der Waals surface area contributed by atoms with Crippen LogP contribution >= 0.6 is 0 Å². The molecule has 118 valence electrons. The topological polar surface area (TPSA) is 90.6 Å². The molecule has 1 aromatic rings. The number of nitrogens with two attached hydrogens (primary N) is 1. The normalized spacial score (nSPS) is 22.3. The maximum absolute atomic E-state index is 11.9. The molecule has 1 fully saturated rings. The predicted molar refractivity (Wildman–Crippen MR) is 81.7 cm³/mol. The van der Waals surface area contributed by atoms with Gasteiger partial charge in [0.05, 0.1) is 17.5 Å². The minimum absolute atomic E-state index is 0.0697. The largest absolute Gasteiger partial charge is 0.490 e. The smallest absolute Gasteiger partial charge is 0.214 e. The van der Waals surface area contributed by atoms with Gasteiger partial charge in [0.25, 0.3) is 0 Å². The Morgan fingerprint density at radius 2 is 2.19 bits per heavy atom. The lowest BCUT2D eigenvalue weighted by Gasteiger charge is -2.15. The molecule has 3 N–H and O–H groups in total. The lowest BCUT2D eigenvalue weighted by Crippen LogP contribution is -2.34. The second-order valence-corrected chi connectivity index (χ2v) is 7.10. The summed E-state index contributed by atoms with van der Waals surface area (Å²) in [5.41, 5.74) is 6.22. The number of nitrogens with one attached hydrogen (secondary N) is 1. The first-order chi connectivity index (χ1) is 9.98. The van der Waals surface area contributed by atoms with Gasteiger partial charge in [-0.25, -0.2) is 13.1 Å². The summed E-state index contributed by atoms with van der Waals surface area (Å²) < 4.78 is 37.2. The monoisotopic (exact) mass is 314 g/mol. The van der Waals surface area contributed by atoms with Crippen molar-refractivity contribution in [2.45, 2.75) is 19.4 Å². The number of para-hydroxylation sites is 2. The molecular weight excluding hydrogens is 292 g/mol. The Balaban J connectivity index is 1.75. The summed E-state index contributed by atoms with van der Waals surface area (Å²) in [5, 5.41) is 0. The zero-order chi connectivity index (χ0) is 15.3. The van der Waals surface area contributed by atoms with Crippen LogP contribution in [-0.2, 0) is 14.8 Å². The minimum Gasteiger partial charge on any atom is -0.490 e. The molecule has 6 nitrogen and oxygen atoms in total. The van der Waals surface area contributed by atoms with E-state index in [1.807, 2.05) is 6.92 Å². The number of nitrogen functional groups attached to an aromatic ring is 1. The number of anilines is 1. The van der Waals surface area contributed by atoms with Gasteiger partial charge in [0.1, 0.15) is 12.4 Å². The van der Waals surface area contributed by atoms with Crippen molar-refractivity contribution in [1.82, 2.24) is 4.72 Å². The third-order valence-corrected chi connectivity index (χ3v) is 4.94. The molecule has 1 heterocycles. The molecule has 1 aliphatic heterocycles. The fraction of sp³-hybridized carbons (Fsp3) is 0.571. The van der Waals surface area contributed by atoms with Gasteiger partial charge in [-0.2, -0.15) is 0 Å². The second-order valence-electron chi connectivity index (χ2n) is 5.18. The molecular formula is C14H22N2O4S. The van der Waals surface area contributed by atoms with E-state index in [0.29, 0.717) is 24.6 Å². The number of benzene rings is 1. The first kappa shape index (κ1) is 16.1. The van der Waals surface area contributed by atoms with Crippen molar-refractivity contribution in [1.29, 1.82) is 0 Å². The predicted octanol–water partition coefficient (Wildman–Crippen LogP) is 0.992. The molecule has 0 aromatic heterocycles. The molecule has 1 saturated heterocycles. The highest BCUT2D eigenvalue weighted by Gasteiger charge is 2.25. The molecule has 7 heteroatoms. The van der Waals surface area contributed by atoms with Crippen LogP contribution in [0.4, 0.5) is 5.69 Å². The second kappa shape index (κ2) is 7.11. The molecule has 0 radical (unpaired) electrons. The molecule has 21 heavy (non-hydrogen) atoms. The Hall–Kier alpha value is -1.31. The van der Waals surface area contributed by atoms with E-state index in [4.69, 9.17) is 15.2 Å². The fourth-order valence-electron chi connectivity index (χ4n) is 2.22. The molecule has 0 amide bonds. The third kappa shape index (κ3) is 4.87. The Labute approximate surface area is 125 Å². The highest BCUT2D eigenvalue weighted by molar-refractivity contribution is 7.89. The minimum atomic E-state index is -3.35. The van der Waals surface area contributed by atoms with Crippen molar-refractivity contribution in [2.75, 3.05) is 31.2 Å². The fourth-order valence-corrected chi connectivity index (χ4v) is 3.14. The van der Waals surface area contributed by atoms with Crippen molar-refractivity contribution < 1.29 is 17.9 Å². The Morgan fingerprint density at radius 1 is 1.43 bits per heavy atom. The van der Waals surface area contributed by atoms with Crippen LogP contribution in [0.25, 0.3) is 0 Å². The van der Waals surface area contributed by atoms with Gasteiger partial charge in [-0.3, -0.25) is 0 Å². The highest BCUT2D eigenvalue weighted by atomic mass is 32.2. The standard InChI is InChI=1S/C14H22N2O4S/c1-11-12(6-7-19-11)10-16-21(17,18)9-8-20-14-5-3-2-4-13(14)15/h2-5,11-12,16H,6-10,15H2,1H3. The average molecular weight is 314 g/mol. The summed E-state index contributed by atoms with van der Waals surface area (Å²) in [4.78, 5) is 0. The van der Waals surface area contributed by atoms with E-state index in [9.17, 15) is 8.42 Å². The van der Waals surface area contributed by atoms with Crippen LogP contribution in [0.2, 0.25) is 0 Å². The molecule has 1 aromatic carbocycles. The van der Waals surface area contributed by atoms with Gasteiger partial charge in [0.15, 0.2) is 0 Å². The van der Waals surface area contributed by atoms with Crippen LogP contribution in [0.5, 0.6) is 5.75 Å². The molecule has 2 unspecified atom stereocenters. The molecule has 2 rings (SSSR count). The van der Waals surface area contributed by atoms with Crippen LogP contribution in [0.1, 0.15) is 13.3 Å². The van der Waals surface area contributed by atoms with E-state index in [1.54, 1.807) is 24.3 Å². The van der Waals surface area contributed by atoms with E-state index in [1.165, 1.54) is 0 Å². The van der Waals surface area contributed by atoms with E-state index in [-0.39, 0.29) is 24.4 Å². The van der Waals surface area contributed by atoms with Crippen LogP contribution < -0.4 is 15.2 Å². The number of sulfonamides is 1. The average Bonchev–Trinajstić information content (AvgIpc) is 2.84. The van der Waals surface area contributed by atoms with Crippen LogP contribution in [-0.4, -0.2) is 40.0 Å². The Bertz CT molecular complexity index is 562. The highest BCUT2D eigenvalue weighted by Crippen LogP contribution is 2.20. The van der Waals surface area contributed by atoms with Gasteiger partial charge in [-0.15, -0.1) is 0 Å². The quantitative estimate of drug-likeness (QED) is 0.733. The van der Waals surface area contributed by atoms with Gasteiger partial charge in [0, 0.05) is 19.1 Å². The lowest BCUT2D eigenvalue weighted by molar-refractivity contribution is 0.107. The maximum atomic E-state index is 11.9. The summed E-state index contributed by atoms with van der Waals surface area (Å²) in [6.45, 7) is 3.15. The van der Waals surface area contributed by atoms with Crippen molar-refractivity contribution in [3.8, 4) is 5.75 Å². The van der Waals surface area contributed by atoms with E-state index in [0.717, 1.165) is 6.42 Å². The van der Waals surface area contributed by atoms with E-state index in [2.05, 4.69) is 4.72 Å². The van der Waals surface area contributed by atoms with Gasteiger partial charge in [-0.05, 0) is 25.5 Å². The molecule has 1 aliphatic rings. The zero-order valence-electron chi connectivity index (χ0n) is 12.1. The summed E-state index contributed by atoms with van der Waals surface area (Å²) in [6.07, 6.45) is 0.994. The summed E-state index contributed by atoms with van der Waals surface area (Å²) >= 11 is 0. The Kier molecular flexibility index (Phi) is 5.44. The van der Waals surface area contributed by atoms with Crippen molar-refractivity contribution >= 4 is 15.7 Å². The SMILES string of the molecule is CC1OCCC1CNS(=O)(=O)CCOc1ccccc1N. The summed E-state index contributed by atoms with van der Waals surface area (Å²) in [7, 11) is -3.35. The Morgan fingerprint density at radius 3 is 2.86 bits per heavy atom. The first-order valence-electron chi connectivity index (χ1n) is 7.04. The third-order valence-electron chi connectivity index (χ3n) is 3.63. The first-order valence-corrected chi connectivity index (χ1v) is 8.69. The summed E-state index contributed by atoms with van der Waals surface area (Å²) in [5.74, 6) is 0.652. The van der Waals surface area contributed by atoms with Gasteiger partial charge < -0.3 is 15.2 Å². The molecule has 0 bridgehead atoms. The van der Waals surface area contributed by atoms with E-state index < -0.39 is 10.0 Å². The van der Waals surface area contributed by atoms with Crippen molar-refractivity contribution in [3.05, 3.63) is 24.3 Å². The molecule has 0 saturated carbocycles. The molecule has 0 aliphatic carbocycles. The molecule has 2 atom stereocenters. The number of hydrogen-bond acceptors (Lipinski definition) is 5. The van der Waals surface area contributed by atoms with Crippen molar-refractivity contribution in [2.24, 2.45) is 5.92 Å². The maximum Gasteiger partial charge on any atom is 0.214 e. The van der Waals surface area contributed by atoms with Crippen LogP contribution in [0.3, 0.4) is 0 Å². The lowest BCUT2D eigenvalue weighted by atomic mass is 10.0. The number of ether oxygens (including phenoxy) is 2. The summed E-state index contributed by atoms with van der Waals surface area (Å²) in [6, 6.07) is 7.02. The van der Waals surface area contributed by atoms with Crippen LogP contribution in [0, 0.1) is 5.92 Å².